The highest BCUT2D eigenvalue weighted by molar-refractivity contribution is 6.01. The standard InChI is InChI=1S/C23H25N3O5/c1-14(2)15-5-7-16(8-6-15)22-25-21(31-26-22)12-11-20(27)24-19-10-9-17(29-3)13-18(19)23(28)30-4/h5-10,13-14H,11-12H2,1-4H3,(H,24,27). The van der Waals surface area contributed by atoms with Crippen molar-refractivity contribution in [2.45, 2.75) is 32.6 Å². The summed E-state index contributed by atoms with van der Waals surface area (Å²) in [5.74, 6) is 0.905. The third-order valence-electron chi connectivity index (χ3n) is 4.78. The summed E-state index contributed by atoms with van der Waals surface area (Å²) < 4.78 is 15.2. The third-order valence-corrected chi connectivity index (χ3v) is 4.78. The zero-order valence-corrected chi connectivity index (χ0v) is 18.0. The number of carbonyl (C=O) groups excluding carboxylic acids is 2. The SMILES string of the molecule is COC(=O)c1cc(OC)ccc1NC(=O)CCc1nc(-c2ccc(C(C)C)cc2)no1. The Balaban J connectivity index is 1.62. The Hall–Kier alpha value is -3.68. The number of ether oxygens (including phenoxy) is 2. The first-order valence-electron chi connectivity index (χ1n) is 9.90. The van der Waals surface area contributed by atoms with Crippen molar-refractivity contribution in [3.8, 4) is 17.1 Å². The lowest BCUT2D eigenvalue weighted by Crippen LogP contribution is -2.16. The Bertz CT molecular complexity index is 1060. The van der Waals surface area contributed by atoms with E-state index >= 15 is 0 Å². The normalized spacial score (nSPS) is 10.7. The van der Waals surface area contributed by atoms with E-state index in [2.05, 4.69) is 29.3 Å². The van der Waals surface area contributed by atoms with Gasteiger partial charge in [-0.25, -0.2) is 4.79 Å². The minimum Gasteiger partial charge on any atom is -0.497 e. The zero-order valence-electron chi connectivity index (χ0n) is 18.0. The number of aryl methyl sites for hydroxylation is 1. The van der Waals surface area contributed by atoms with Crippen LogP contribution in [-0.4, -0.2) is 36.2 Å². The van der Waals surface area contributed by atoms with Crippen LogP contribution >= 0.6 is 0 Å². The second kappa shape index (κ2) is 9.88. The average molecular weight is 423 g/mol. The molecule has 0 aliphatic heterocycles. The fourth-order valence-corrected chi connectivity index (χ4v) is 2.96. The maximum atomic E-state index is 12.4. The van der Waals surface area contributed by atoms with Gasteiger partial charge in [-0.3, -0.25) is 4.79 Å². The van der Waals surface area contributed by atoms with Crippen molar-refractivity contribution in [2.24, 2.45) is 0 Å². The molecule has 0 saturated carbocycles. The molecule has 3 rings (SSSR count). The monoisotopic (exact) mass is 423 g/mol. The van der Waals surface area contributed by atoms with Crippen molar-refractivity contribution in [3.63, 3.8) is 0 Å². The van der Waals surface area contributed by atoms with Crippen molar-refractivity contribution in [1.29, 1.82) is 0 Å². The largest absolute Gasteiger partial charge is 0.497 e. The van der Waals surface area contributed by atoms with E-state index in [9.17, 15) is 9.59 Å². The molecule has 31 heavy (non-hydrogen) atoms. The van der Waals surface area contributed by atoms with Crippen molar-refractivity contribution in [3.05, 3.63) is 59.5 Å². The van der Waals surface area contributed by atoms with E-state index in [1.165, 1.54) is 25.8 Å². The maximum Gasteiger partial charge on any atom is 0.340 e. The van der Waals surface area contributed by atoms with Gasteiger partial charge in [0.25, 0.3) is 0 Å². The summed E-state index contributed by atoms with van der Waals surface area (Å²) in [5.41, 5.74) is 2.63. The number of benzene rings is 2. The summed E-state index contributed by atoms with van der Waals surface area (Å²) in [4.78, 5) is 28.8. The fraction of sp³-hybridized carbons (Fsp3) is 0.304. The third kappa shape index (κ3) is 5.48. The Labute approximate surface area is 180 Å². The molecule has 0 aliphatic rings. The molecule has 3 aromatic rings. The molecule has 0 fully saturated rings. The molecule has 8 nitrogen and oxygen atoms in total. The molecule has 1 heterocycles. The second-order valence-corrected chi connectivity index (χ2v) is 7.24. The first kappa shape index (κ1) is 22.0. The number of aromatic nitrogens is 2. The second-order valence-electron chi connectivity index (χ2n) is 7.24. The molecule has 0 unspecified atom stereocenters. The topological polar surface area (TPSA) is 104 Å². The van der Waals surface area contributed by atoms with Gasteiger partial charge in [0, 0.05) is 18.4 Å². The molecule has 0 aliphatic carbocycles. The molecule has 0 saturated heterocycles. The summed E-state index contributed by atoms with van der Waals surface area (Å²) in [7, 11) is 2.77. The first-order valence-corrected chi connectivity index (χ1v) is 9.90. The highest BCUT2D eigenvalue weighted by Crippen LogP contribution is 2.24. The van der Waals surface area contributed by atoms with Crippen molar-refractivity contribution >= 4 is 17.6 Å². The van der Waals surface area contributed by atoms with Gasteiger partial charge >= 0.3 is 5.97 Å². The molecule has 1 N–H and O–H groups in total. The summed E-state index contributed by atoms with van der Waals surface area (Å²) in [6.07, 6.45) is 0.382. The van der Waals surface area contributed by atoms with Gasteiger partial charge in [0.05, 0.1) is 25.5 Å². The number of esters is 1. The molecule has 0 spiro atoms. The van der Waals surface area contributed by atoms with E-state index in [-0.39, 0.29) is 24.3 Å². The Morgan fingerprint density at radius 2 is 1.84 bits per heavy atom. The predicted octanol–water partition coefficient (Wildman–Crippen LogP) is 4.23. The fourth-order valence-electron chi connectivity index (χ4n) is 2.96. The van der Waals surface area contributed by atoms with E-state index in [4.69, 9.17) is 14.0 Å². The summed E-state index contributed by atoms with van der Waals surface area (Å²) in [6.45, 7) is 4.26. The van der Waals surface area contributed by atoms with E-state index in [1.807, 2.05) is 24.3 Å². The molecule has 8 heteroatoms. The van der Waals surface area contributed by atoms with Gasteiger partial charge in [-0.05, 0) is 29.7 Å². The van der Waals surface area contributed by atoms with E-state index in [1.54, 1.807) is 12.1 Å². The van der Waals surface area contributed by atoms with E-state index < -0.39 is 5.97 Å². The van der Waals surface area contributed by atoms with Crippen LogP contribution in [-0.2, 0) is 16.0 Å². The quantitative estimate of drug-likeness (QED) is 0.541. The van der Waals surface area contributed by atoms with Gasteiger partial charge in [-0.15, -0.1) is 0 Å². The van der Waals surface area contributed by atoms with Crippen LogP contribution in [0.1, 0.15) is 48.0 Å². The smallest absolute Gasteiger partial charge is 0.340 e. The molecular formula is C23H25N3O5. The van der Waals surface area contributed by atoms with Crippen LogP contribution < -0.4 is 10.1 Å². The molecular weight excluding hydrogens is 398 g/mol. The Morgan fingerprint density at radius 3 is 2.48 bits per heavy atom. The number of anilines is 1. The molecule has 162 valence electrons. The van der Waals surface area contributed by atoms with Crippen LogP contribution in [0.2, 0.25) is 0 Å². The van der Waals surface area contributed by atoms with Gasteiger partial charge in [0.2, 0.25) is 17.6 Å². The minimum atomic E-state index is -0.570. The lowest BCUT2D eigenvalue weighted by Gasteiger charge is -2.11. The maximum absolute atomic E-state index is 12.4. The average Bonchev–Trinajstić information content (AvgIpc) is 3.26. The van der Waals surface area contributed by atoms with Crippen molar-refractivity contribution in [1.82, 2.24) is 10.1 Å². The first-order chi connectivity index (χ1) is 14.9. The minimum absolute atomic E-state index is 0.112. The van der Waals surface area contributed by atoms with E-state index in [0.29, 0.717) is 29.1 Å². The summed E-state index contributed by atoms with van der Waals surface area (Å²) in [6, 6.07) is 12.7. The molecule has 0 bridgehead atoms. The van der Waals surface area contributed by atoms with Gasteiger partial charge in [0.1, 0.15) is 5.75 Å². The van der Waals surface area contributed by atoms with Gasteiger partial charge in [0.15, 0.2) is 0 Å². The molecule has 0 radical (unpaired) electrons. The van der Waals surface area contributed by atoms with Crippen LogP contribution in [0.5, 0.6) is 5.75 Å². The number of methoxy groups -OCH3 is 2. The predicted molar refractivity (Wildman–Crippen MR) is 115 cm³/mol. The van der Waals surface area contributed by atoms with Crippen LogP contribution in [0.15, 0.2) is 47.0 Å². The highest BCUT2D eigenvalue weighted by Gasteiger charge is 2.16. The molecule has 1 amide bonds. The summed E-state index contributed by atoms with van der Waals surface area (Å²) in [5, 5.41) is 6.71. The van der Waals surface area contributed by atoms with Gasteiger partial charge in [-0.1, -0.05) is 43.3 Å². The molecule has 1 aromatic heterocycles. The van der Waals surface area contributed by atoms with Gasteiger partial charge < -0.3 is 19.3 Å². The Kier molecular flexibility index (Phi) is 7.02. The van der Waals surface area contributed by atoms with Crippen LogP contribution in [0.25, 0.3) is 11.4 Å². The van der Waals surface area contributed by atoms with Crippen molar-refractivity contribution < 1.29 is 23.6 Å². The summed E-state index contributed by atoms with van der Waals surface area (Å²) >= 11 is 0. The lowest BCUT2D eigenvalue weighted by atomic mass is 10.0. The number of nitrogens with one attached hydrogen (secondary N) is 1. The number of hydrogen-bond donors (Lipinski definition) is 1. The zero-order chi connectivity index (χ0) is 22.4. The van der Waals surface area contributed by atoms with Crippen LogP contribution in [0, 0.1) is 0 Å². The Morgan fingerprint density at radius 1 is 1.10 bits per heavy atom. The lowest BCUT2D eigenvalue weighted by molar-refractivity contribution is -0.116. The number of rotatable bonds is 8. The number of hydrogen-bond acceptors (Lipinski definition) is 7. The molecule has 0 atom stereocenters. The van der Waals surface area contributed by atoms with Crippen LogP contribution in [0.3, 0.4) is 0 Å². The van der Waals surface area contributed by atoms with E-state index in [0.717, 1.165) is 5.56 Å². The van der Waals surface area contributed by atoms with Crippen LogP contribution in [0.4, 0.5) is 5.69 Å². The number of nitrogens with zero attached hydrogens (tertiary/aromatic N) is 2. The van der Waals surface area contributed by atoms with Crippen molar-refractivity contribution in [2.75, 3.05) is 19.5 Å². The number of amides is 1. The van der Waals surface area contributed by atoms with Gasteiger partial charge in [-0.2, -0.15) is 4.98 Å². The highest BCUT2D eigenvalue weighted by atomic mass is 16.5. The number of carbonyl (C=O) groups is 2. The molecule has 2 aromatic carbocycles.